The lowest BCUT2D eigenvalue weighted by molar-refractivity contribution is -0.165. The fraction of sp³-hybridized carbons (Fsp3) is 0.935. The van der Waals surface area contributed by atoms with Gasteiger partial charge in [-0.15, -0.1) is 0 Å². The Morgan fingerprint density at radius 2 is 0.735 bits per heavy atom. The van der Waals surface area contributed by atoms with E-state index in [1.165, 1.54) is 83.5 Å². The van der Waals surface area contributed by atoms with E-state index >= 15 is 0 Å². The molecule has 6 nitrogen and oxygen atoms in total. The summed E-state index contributed by atoms with van der Waals surface area (Å²) >= 11 is 0. The molecule has 6 heteroatoms. The SMILES string of the molecule is CC1(C)CCC[C@@]2(C)C1CC[C@@]1(C)OC(=O)C[C@@H]12.CC1(C)C[CH+]C[C@]2(C)C1CC[C@]1(C)OC(=O)C[C@H]12.C[C@@H]1[C@@](C)(O)CCC2C(C)(C)C[CH+]C[C@]21C.C[C@@H]1[C@@]2(C)CCCC(C)(C)C2CC[C@@]1(C)O. The molecule has 2 saturated heterocycles. The molecule has 68 heavy (non-hydrogen) atoms. The van der Waals surface area contributed by atoms with Crippen LogP contribution in [0.1, 0.15) is 253 Å². The van der Waals surface area contributed by atoms with Gasteiger partial charge in [0.1, 0.15) is 11.2 Å². The van der Waals surface area contributed by atoms with Gasteiger partial charge in [-0.1, -0.05) is 110 Å². The van der Waals surface area contributed by atoms with Crippen molar-refractivity contribution in [1.29, 1.82) is 0 Å². The summed E-state index contributed by atoms with van der Waals surface area (Å²) in [7, 11) is 0. The fourth-order valence-electron chi connectivity index (χ4n) is 20.3. The predicted molar refractivity (Wildman–Crippen MR) is 278 cm³/mol. The minimum absolute atomic E-state index is 0.0211. The minimum atomic E-state index is -0.466. The van der Waals surface area contributed by atoms with Crippen LogP contribution >= 0.6 is 0 Å². The highest BCUT2D eigenvalue weighted by atomic mass is 16.6. The molecule has 0 aromatic rings. The molecule has 10 rings (SSSR count). The number of carbonyl (C=O) groups excluding carboxylic acids is 2. The molecule has 388 valence electrons. The van der Waals surface area contributed by atoms with E-state index in [1.54, 1.807) is 0 Å². The molecule has 0 aromatic heterocycles. The molecule has 2 N–H and O–H groups in total. The van der Waals surface area contributed by atoms with Crippen molar-refractivity contribution in [3.05, 3.63) is 12.8 Å². The van der Waals surface area contributed by atoms with Crippen LogP contribution in [-0.2, 0) is 19.1 Å². The number of esters is 2. The van der Waals surface area contributed by atoms with Gasteiger partial charge in [0.2, 0.25) is 0 Å². The molecule has 10 aliphatic rings. The Morgan fingerprint density at radius 3 is 1.19 bits per heavy atom. The smallest absolute Gasteiger partial charge is 0.306 e. The summed E-state index contributed by atoms with van der Waals surface area (Å²) < 4.78 is 11.4. The van der Waals surface area contributed by atoms with Crippen molar-refractivity contribution in [3.63, 3.8) is 0 Å². The van der Waals surface area contributed by atoms with Crippen LogP contribution in [-0.4, -0.2) is 44.6 Å². The molecule has 2 heterocycles. The fourth-order valence-corrected chi connectivity index (χ4v) is 20.3. The van der Waals surface area contributed by atoms with Crippen molar-refractivity contribution >= 4 is 11.9 Å². The largest absolute Gasteiger partial charge is 0.459 e. The van der Waals surface area contributed by atoms with Crippen molar-refractivity contribution in [2.75, 3.05) is 0 Å². The van der Waals surface area contributed by atoms with Crippen molar-refractivity contribution in [1.82, 2.24) is 0 Å². The maximum Gasteiger partial charge on any atom is 0.306 e. The van der Waals surface area contributed by atoms with Crippen LogP contribution in [0.25, 0.3) is 0 Å². The van der Waals surface area contributed by atoms with Gasteiger partial charge < -0.3 is 19.7 Å². The van der Waals surface area contributed by atoms with Crippen LogP contribution in [0.5, 0.6) is 0 Å². The van der Waals surface area contributed by atoms with E-state index in [9.17, 15) is 19.8 Å². The van der Waals surface area contributed by atoms with Gasteiger partial charge in [0, 0.05) is 33.5 Å². The molecule has 0 bridgehead atoms. The third-order valence-electron chi connectivity index (χ3n) is 24.6. The highest BCUT2D eigenvalue weighted by Crippen LogP contribution is 2.67. The van der Waals surface area contributed by atoms with Crippen molar-refractivity contribution in [3.8, 4) is 0 Å². The summed E-state index contributed by atoms with van der Waals surface area (Å²) in [5, 5.41) is 21.0. The van der Waals surface area contributed by atoms with Crippen molar-refractivity contribution < 1.29 is 29.3 Å². The van der Waals surface area contributed by atoms with E-state index in [-0.39, 0.29) is 28.6 Å². The maximum absolute atomic E-state index is 11.8. The van der Waals surface area contributed by atoms with Crippen molar-refractivity contribution in [2.24, 2.45) is 90.7 Å². The topological polar surface area (TPSA) is 93.1 Å². The molecule has 2 aliphatic heterocycles. The number of carbonyl (C=O) groups is 2. The Balaban J connectivity index is 0.000000134. The van der Waals surface area contributed by atoms with Crippen LogP contribution in [0.4, 0.5) is 0 Å². The number of aliphatic hydroxyl groups is 2. The first-order chi connectivity index (χ1) is 31.0. The Hall–Kier alpha value is -1.40. The number of hydrogen-bond donors (Lipinski definition) is 2. The van der Waals surface area contributed by atoms with Crippen LogP contribution in [0.3, 0.4) is 0 Å². The Labute approximate surface area is 418 Å². The van der Waals surface area contributed by atoms with Gasteiger partial charge in [0.05, 0.1) is 62.6 Å². The molecule has 0 aromatic carbocycles. The quantitative estimate of drug-likeness (QED) is 0.186. The summed E-state index contributed by atoms with van der Waals surface area (Å²) in [6.45, 7) is 41.9. The first kappa shape index (κ1) is 54.4. The first-order valence-corrected chi connectivity index (χ1v) is 28.5. The monoisotopic (exact) mass is 947 g/mol. The van der Waals surface area contributed by atoms with Crippen LogP contribution in [0, 0.1) is 104 Å². The van der Waals surface area contributed by atoms with Gasteiger partial charge >= 0.3 is 11.9 Å². The molecular formula is C62H106O6+2. The second-order valence-corrected chi connectivity index (χ2v) is 30.7. The average molecular weight is 948 g/mol. The molecule has 0 spiro atoms. The van der Waals surface area contributed by atoms with Gasteiger partial charge in [-0.25, -0.2) is 0 Å². The van der Waals surface area contributed by atoms with Crippen LogP contribution < -0.4 is 0 Å². The van der Waals surface area contributed by atoms with E-state index in [1.807, 2.05) is 13.8 Å². The third kappa shape index (κ3) is 9.19. The number of rotatable bonds is 0. The summed E-state index contributed by atoms with van der Waals surface area (Å²) in [5.41, 5.74) is 1.62. The standard InChI is InChI=1S/C16H26O2.C16H25O2.C15H28O.C15H27O/c2*1-14(2)7-5-8-15(3)11(14)6-9-16(4)12(15)10-13(17)18-16;2*1-11-14(4)9-6-8-13(2,3)12(14)7-10-15(11,5)16/h11-12H,5-10H2,1-4H3;5,11-12H,6-10H2,1-4H3;11-12,16H,6-10H2,1-5H3;6,11-12,16H,7-10H2,1-5H3/q;+1;;+1/t2*11?,12-,15+,16-;2*11-,12?,14-,15-/m1010/s1. The van der Waals surface area contributed by atoms with Gasteiger partial charge in [-0.3, -0.25) is 9.59 Å². The molecule has 8 saturated carbocycles. The maximum atomic E-state index is 11.8. The Morgan fingerprint density at radius 1 is 0.397 bits per heavy atom. The third-order valence-corrected chi connectivity index (χ3v) is 24.6. The summed E-state index contributed by atoms with van der Waals surface area (Å²) in [5.74, 6) is 4.77. The molecule has 0 amide bonds. The van der Waals surface area contributed by atoms with Crippen molar-refractivity contribution in [2.45, 2.75) is 275 Å². The second kappa shape index (κ2) is 17.6. The number of ether oxygens (including phenoxy) is 2. The Kier molecular flexibility index (Phi) is 14.1. The zero-order valence-electron chi connectivity index (χ0n) is 47.4. The van der Waals surface area contributed by atoms with E-state index in [4.69, 9.17) is 9.47 Å². The molecule has 4 unspecified atom stereocenters. The lowest BCUT2D eigenvalue weighted by Gasteiger charge is -2.60. The summed E-state index contributed by atoms with van der Waals surface area (Å²) in [6.07, 6.45) is 27.8. The van der Waals surface area contributed by atoms with Gasteiger partial charge in [0.25, 0.3) is 0 Å². The van der Waals surface area contributed by atoms with Crippen LogP contribution in [0.2, 0.25) is 0 Å². The number of hydrogen-bond acceptors (Lipinski definition) is 6. The molecule has 0 radical (unpaired) electrons. The van der Waals surface area contributed by atoms with E-state index < -0.39 is 11.2 Å². The summed E-state index contributed by atoms with van der Waals surface area (Å²) in [6, 6.07) is 0. The summed E-state index contributed by atoms with van der Waals surface area (Å²) in [4.78, 5) is 23.5. The normalized spacial score (nSPS) is 50.9. The van der Waals surface area contributed by atoms with E-state index in [2.05, 4.69) is 124 Å². The zero-order chi connectivity index (χ0) is 50.7. The first-order valence-electron chi connectivity index (χ1n) is 28.5. The molecule has 8 aliphatic carbocycles. The lowest BCUT2D eigenvalue weighted by atomic mass is 9.45. The Bertz CT molecular complexity index is 1720. The highest BCUT2D eigenvalue weighted by Gasteiger charge is 2.66. The van der Waals surface area contributed by atoms with E-state index in [0.29, 0.717) is 74.4 Å². The van der Waals surface area contributed by atoms with Gasteiger partial charge in [0.15, 0.2) is 0 Å². The average Bonchev–Trinajstić information content (AvgIpc) is 3.70. The predicted octanol–water partition coefficient (Wildman–Crippen LogP) is 15.5. The van der Waals surface area contributed by atoms with Gasteiger partial charge in [-0.2, -0.15) is 0 Å². The highest BCUT2D eigenvalue weighted by molar-refractivity contribution is 5.73. The molecular weight excluding hydrogens is 841 g/mol. The van der Waals surface area contributed by atoms with Gasteiger partial charge in [-0.05, 0) is 162 Å². The number of fused-ring (bicyclic) bond motifs is 8. The molecule has 10 fully saturated rings. The van der Waals surface area contributed by atoms with E-state index in [0.717, 1.165) is 55.8 Å². The second-order valence-electron chi connectivity index (χ2n) is 30.7. The van der Waals surface area contributed by atoms with Crippen LogP contribution in [0.15, 0.2) is 0 Å². The zero-order valence-corrected chi connectivity index (χ0v) is 47.4. The minimum Gasteiger partial charge on any atom is -0.459 e. The molecule has 16 atom stereocenters. The lowest BCUT2D eigenvalue weighted by Crippen LogP contribution is -2.56.